The van der Waals surface area contributed by atoms with Gasteiger partial charge in [-0.1, -0.05) is 0 Å². The third-order valence-electron chi connectivity index (χ3n) is 4.00. The van der Waals surface area contributed by atoms with Crippen molar-refractivity contribution in [3.8, 4) is 11.5 Å². The topological polar surface area (TPSA) is 99.5 Å². The van der Waals surface area contributed by atoms with E-state index in [1.54, 1.807) is 14.2 Å². The Morgan fingerprint density at radius 1 is 0.960 bits per heavy atom. The number of nitrogens with two attached hydrogens (primary N) is 2. The Morgan fingerprint density at radius 2 is 1.64 bits per heavy atom. The van der Waals surface area contributed by atoms with E-state index in [0.29, 0.717) is 12.4 Å². The standard InChI is InChI=1S/C18H21N5O2/c1-23(10-11-6-13(24-2)9-14(7-11)25-3)12-4-5-16-15(8-12)17(19)22-18(20)21-16/h4-9H,10H2,1-3H3,(H4,19,20,21,22). The fourth-order valence-electron chi connectivity index (χ4n) is 2.72. The maximum absolute atomic E-state index is 5.97. The Morgan fingerprint density at radius 3 is 2.28 bits per heavy atom. The molecule has 4 N–H and O–H groups in total. The van der Waals surface area contributed by atoms with Gasteiger partial charge in [0.1, 0.15) is 17.3 Å². The van der Waals surface area contributed by atoms with Crippen LogP contribution in [0.3, 0.4) is 0 Å². The van der Waals surface area contributed by atoms with Gasteiger partial charge in [0.15, 0.2) is 0 Å². The van der Waals surface area contributed by atoms with E-state index in [1.165, 1.54) is 0 Å². The summed E-state index contributed by atoms with van der Waals surface area (Å²) < 4.78 is 10.7. The number of rotatable bonds is 5. The molecule has 7 nitrogen and oxygen atoms in total. The maximum atomic E-state index is 5.97. The van der Waals surface area contributed by atoms with Crippen molar-refractivity contribution < 1.29 is 9.47 Å². The van der Waals surface area contributed by atoms with Crippen LogP contribution in [-0.2, 0) is 6.54 Å². The van der Waals surface area contributed by atoms with E-state index in [4.69, 9.17) is 20.9 Å². The molecular formula is C18H21N5O2. The fraction of sp³-hybridized carbons (Fsp3) is 0.222. The van der Waals surface area contributed by atoms with Gasteiger partial charge in [0.25, 0.3) is 0 Å². The van der Waals surface area contributed by atoms with Crippen molar-refractivity contribution in [2.45, 2.75) is 6.54 Å². The van der Waals surface area contributed by atoms with Crippen LogP contribution in [0.2, 0.25) is 0 Å². The first-order valence-electron chi connectivity index (χ1n) is 7.76. The lowest BCUT2D eigenvalue weighted by molar-refractivity contribution is 0.393. The first kappa shape index (κ1) is 16.6. The second-order valence-electron chi connectivity index (χ2n) is 5.75. The molecule has 0 bridgehead atoms. The molecule has 2 aromatic carbocycles. The second kappa shape index (κ2) is 6.72. The molecule has 0 radical (unpaired) electrons. The molecular weight excluding hydrogens is 318 g/mol. The van der Waals surface area contributed by atoms with Crippen molar-refractivity contribution in [2.24, 2.45) is 0 Å². The van der Waals surface area contributed by atoms with Crippen molar-refractivity contribution in [1.29, 1.82) is 0 Å². The summed E-state index contributed by atoms with van der Waals surface area (Å²) in [6, 6.07) is 11.6. The predicted octanol–water partition coefficient (Wildman–Crippen LogP) is 2.45. The van der Waals surface area contributed by atoms with E-state index in [2.05, 4.69) is 14.9 Å². The zero-order valence-electron chi connectivity index (χ0n) is 14.5. The van der Waals surface area contributed by atoms with Gasteiger partial charge < -0.3 is 25.8 Å². The molecule has 0 aliphatic carbocycles. The Hall–Kier alpha value is -3.22. The monoisotopic (exact) mass is 339 g/mol. The number of ether oxygens (including phenoxy) is 2. The molecule has 0 amide bonds. The van der Waals surface area contributed by atoms with Crippen LogP contribution < -0.4 is 25.8 Å². The number of nitrogens with zero attached hydrogens (tertiary/aromatic N) is 3. The number of benzene rings is 2. The predicted molar refractivity (Wildman–Crippen MR) is 100 cm³/mol. The summed E-state index contributed by atoms with van der Waals surface area (Å²) in [5.74, 6) is 2.07. The molecule has 0 aliphatic rings. The zero-order valence-corrected chi connectivity index (χ0v) is 14.5. The lowest BCUT2D eigenvalue weighted by atomic mass is 10.1. The van der Waals surface area contributed by atoms with Crippen LogP contribution >= 0.6 is 0 Å². The first-order valence-corrected chi connectivity index (χ1v) is 7.76. The molecule has 0 spiro atoms. The Balaban J connectivity index is 1.91. The van der Waals surface area contributed by atoms with Crippen molar-refractivity contribution >= 4 is 28.4 Å². The summed E-state index contributed by atoms with van der Waals surface area (Å²) in [5.41, 5.74) is 14.4. The summed E-state index contributed by atoms with van der Waals surface area (Å²) in [7, 11) is 5.28. The molecule has 0 atom stereocenters. The van der Waals surface area contributed by atoms with Crippen LogP contribution in [0.1, 0.15) is 5.56 Å². The van der Waals surface area contributed by atoms with Crippen LogP contribution in [0, 0.1) is 0 Å². The number of hydrogen-bond donors (Lipinski definition) is 2. The summed E-state index contributed by atoms with van der Waals surface area (Å²) in [5, 5.41) is 0.779. The lowest BCUT2D eigenvalue weighted by Gasteiger charge is -2.21. The average molecular weight is 339 g/mol. The normalized spacial score (nSPS) is 10.7. The molecule has 1 heterocycles. The molecule has 25 heavy (non-hydrogen) atoms. The van der Waals surface area contributed by atoms with Crippen LogP contribution in [0.5, 0.6) is 11.5 Å². The minimum atomic E-state index is 0.176. The Bertz CT molecular complexity index is 891. The highest BCUT2D eigenvalue weighted by Crippen LogP contribution is 2.27. The van der Waals surface area contributed by atoms with Gasteiger partial charge in [-0.3, -0.25) is 0 Å². The molecule has 0 unspecified atom stereocenters. The number of hydrogen-bond acceptors (Lipinski definition) is 7. The molecule has 130 valence electrons. The van der Waals surface area contributed by atoms with Crippen LogP contribution in [-0.4, -0.2) is 31.2 Å². The van der Waals surface area contributed by atoms with Crippen molar-refractivity contribution in [2.75, 3.05) is 37.6 Å². The average Bonchev–Trinajstić information content (AvgIpc) is 2.60. The Kier molecular flexibility index (Phi) is 4.47. The van der Waals surface area contributed by atoms with E-state index in [-0.39, 0.29) is 5.95 Å². The SMILES string of the molecule is COc1cc(CN(C)c2ccc3nc(N)nc(N)c3c2)cc(OC)c1. The van der Waals surface area contributed by atoms with Crippen molar-refractivity contribution in [1.82, 2.24) is 9.97 Å². The van der Waals surface area contributed by atoms with Gasteiger partial charge in [0.2, 0.25) is 5.95 Å². The number of aromatic nitrogens is 2. The van der Waals surface area contributed by atoms with Crippen LogP contribution in [0.25, 0.3) is 10.9 Å². The maximum Gasteiger partial charge on any atom is 0.222 e. The molecule has 0 saturated heterocycles. The van der Waals surface area contributed by atoms with Gasteiger partial charge in [-0.05, 0) is 35.9 Å². The minimum Gasteiger partial charge on any atom is -0.497 e. The van der Waals surface area contributed by atoms with Crippen molar-refractivity contribution in [3.63, 3.8) is 0 Å². The van der Waals surface area contributed by atoms with E-state index in [9.17, 15) is 0 Å². The summed E-state index contributed by atoms with van der Waals surface area (Å²) in [4.78, 5) is 10.3. The first-order chi connectivity index (χ1) is 12.0. The number of nitrogen functional groups attached to an aromatic ring is 2. The second-order valence-corrected chi connectivity index (χ2v) is 5.75. The molecule has 7 heteroatoms. The fourth-order valence-corrected chi connectivity index (χ4v) is 2.72. The Labute approximate surface area is 146 Å². The van der Waals surface area contributed by atoms with Gasteiger partial charge in [0.05, 0.1) is 19.7 Å². The summed E-state index contributed by atoms with van der Waals surface area (Å²) >= 11 is 0. The molecule has 3 aromatic rings. The third kappa shape index (κ3) is 3.50. The molecule has 0 aliphatic heterocycles. The zero-order chi connectivity index (χ0) is 18.0. The number of anilines is 3. The molecule has 1 aromatic heterocycles. The minimum absolute atomic E-state index is 0.176. The van der Waals surface area contributed by atoms with Gasteiger partial charge in [-0.25, -0.2) is 4.98 Å². The van der Waals surface area contributed by atoms with Crippen LogP contribution in [0.4, 0.5) is 17.5 Å². The third-order valence-corrected chi connectivity index (χ3v) is 4.00. The quantitative estimate of drug-likeness (QED) is 0.736. The molecule has 0 fully saturated rings. The number of methoxy groups -OCH3 is 2. The van der Waals surface area contributed by atoms with Gasteiger partial charge >= 0.3 is 0 Å². The lowest BCUT2D eigenvalue weighted by Crippen LogP contribution is -2.16. The van der Waals surface area contributed by atoms with E-state index >= 15 is 0 Å². The summed E-state index contributed by atoms with van der Waals surface area (Å²) in [6.45, 7) is 0.675. The van der Waals surface area contributed by atoms with Crippen molar-refractivity contribution in [3.05, 3.63) is 42.0 Å². The van der Waals surface area contributed by atoms with Crippen LogP contribution in [0.15, 0.2) is 36.4 Å². The largest absolute Gasteiger partial charge is 0.497 e. The molecule has 3 rings (SSSR count). The smallest absolute Gasteiger partial charge is 0.222 e. The summed E-state index contributed by atoms with van der Waals surface area (Å²) in [6.07, 6.45) is 0. The highest BCUT2D eigenvalue weighted by atomic mass is 16.5. The molecule has 0 saturated carbocycles. The van der Waals surface area contributed by atoms with Gasteiger partial charge in [0, 0.05) is 30.7 Å². The number of fused-ring (bicyclic) bond motifs is 1. The highest BCUT2D eigenvalue weighted by Gasteiger charge is 2.09. The van der Waals surface area contributed by atoms with Gasteiger partial charge in [-0.2, -0.15) is 4.98 Å². The van der Waals surface area contributed by atoms with E-state index < -0.39 is 0 Å². The highest BCUT2D eigenvalue weighted by molar-refractivity contribution is 5.91. The van der Waals surface area contributed by atoms with E-state index in [0.717, 1.165) is 33.7 Å². The van der Waals surface area contributed by atoms with Gasteiger partial charge in [-0.15, -0.1) is 0 Å². The van der Waals surface area contributed by atoms with E-state index in [1.807, 2.05) is 43.4 Å².